The Morgan fingerprint density at radius 3 is 2.65 bits per heavy atom. The molecule has 0 bridgehead atoms. The van der Waals surface area contributed by atoms with Crippen molar-refractivity contribution in [1.82, 2.24) is 5.32 Å². The molecule has 17 heavy (non-hydrogen) atoms. The number of benzene rings is 1. The third kappa shape index (κ3) is 2.96. The van der Waals surface area contributed by atoms with Gasteiger partial charge in [-0.05, 0) is 25.3 Å². The zero-order valence-electron chi connectivity index (χ0n) is 10.4. The highest BCUT2D eigenvalue weighted by Crippen LogP contribution is 2.21. The van der Waals surface area contributed by atoms with E-state index in [4.69, 9.17) is 0 Å². The first kappa shape index (κ1) is 11.9. The molecule has 0 fully saturated rings. The molecule has 2 atom stereocenters. The Labute approximate surface area is 103 Å². The van der Waals surface area contributed by atoms with Crippen LogP contribution < -0.4 is 5.32 Å². The maximum atomic E-state index is 11.6. The summed E-state index contributed by atoms with van der Waals surface area (Å²) in [5.41, 5.74) is 2.32. The summed E-state index contributed by atoms with van der Waals surface area (Å²) in [6.45, 7) is 4.12. The zero-order chi connectivity index (χ0) is 12.3. The molecule has 1 aromatic carbocycles. The molecule has 2 rings (SSSR count). The van der Waals surface area contributed by atoms with Crippen LogP contribution in [-0.2, 0) is 4.79 Å². The molecule has 1 N–H and O–H groups in total. The Morgan fingerprint density at radius 2 is 2.00 bits per heavy atom. The second kappa shape index (κ2) is 5.17. The van der Waals surface area contributed by atoms with Gasteiger partial charge < -0.3 is 5.32 Å². The van der Waals surface area contributed by atoms with Gasteiger partial charge in [-0.15, -0.1) is 0 Å². The summed E-state index contributed by atoms with van der Waals surface area (Å²) in [7, 11) is 0. The molecule has 0 spiro atoms. The summed E-state index contributed by atoms with van der Waals surface area (Å²) in [6.07, 6.45) is 3.71. The Morgan fingerprint density at radius 1 is 1.29 bits per heavy atom. The second-order valence-corrected chi connectivity index (χ2v) is 4.79. The van der Waals surface area contributed by atoms with E-state index in [0.717, 1.165) is 18.5 Å². The molecule has 1 unspecified atom stereocenters. The average Bonchev–Trinajstić information content (AvgIpc) is 2.35. The van der Waals surface area contributed by atoms with Gasteiger partial charge in [0.1, 0.15) is 0 Å². The van der Waals surface area contributed by atoms with E-state index in [-0.39, 0.29) is 17.7 Å². The fourth-order valence-electron chi connectivity index (χ4n) is 2.12. The van der Waals surface area contributed by atoms with Crippen LogP contribution >= 0.6 is 0 Å². The van der Waals surface area contributed by atoms with Gasteiger partial charge in [0, 0.05) is 23.7 Å². The fourth-order valence-corrected chi connectivity index (χ4v) is 2.12. The van der Waals surface area contributed by atoms with Gasteiger partial charge in [-0.1, -0.05) is 37.3 Å². The van der Waals surface area contributed by atoms with Crippen LogP contribution in [0.4, 0.5) is 0 Å². The van der Waals surface area contributed by atoms with Crippen LogP contribution in [0.15, 0.2) is 42.1 Å². The summed E-state index contributed by atoms with van der Waals surface area (Å²) in [6, 6.07) is 10.5. The summed E-state index contributed by atoms with van der Waals surface area (Å²) >= 11 is 0. The van der Waals surface area contributed by atoms with Crippen molar-refractivity contribution in [3.05, 3.63) is 47.7 Å². The third-order valence-corrected chi connectivity index (χ3v) is 3.35. The van der Waals surface area contributed by atoms with Crippen molar-refractivity contribution >= 4 is 5.78 Å². The van der Waals surface area contributed by atoms with E-state index < -0.39 is 0 Å². The smallest absolute Gasteiger partial charge is 0.160 e. The molecule has 0 heterocycles. The quantitative estimate of drug-likeness (QED) is 0.862. The van der Waals surface area contributed by atoms with Crippen molar-refractivity contribution in [2.75, 3.05) is 0 Å². The average molecular weight is 229 g/mol. The number of hydrogen-bond acceptors (Lipinski definition) is 2. The number of allylic oxidation sites excluding steroid dienone is 2. The molecule has 0 saturated carbocycles. The van der Waals surface area contributed by atoms with Crippen LogP contribution in [0.5, 0.6) is 0 Å². The molecular formula is C15H19NO. The second-order valence-electron chi connectivity index (χ2n) is 4.79. The lowest BCUT2D eigenvalue weighted by molar-refractivity contribution is -0.118. The van der Waals surface area contributed by atoms with Crippen molar-refractivity contribution < 1.29 is 4.79 Å². The van der Waals surface area contributed by atoms with Crippen molar-refractivity contribution in [3.63, 3.8) is 0 Å². The number of carbonyl (C=O) groups is 1. The van der Waals surface area contributed by atoms with Gasteiger partial charge in [0.25, 0.3) is 0 Å². The first-order chi connectivity index (χ1) is 8.16. The molecule has 2 nitrogen and oxygen atoms in total. The molecule has 0 saturated heterocycles. The summed E-state index contributed by atoms with van der Waals surface area (Å²) in [4.78, 5) is 11.6. The van der Waals surface area contributed by atoms with Gasteiger partial charge in [-0.2, -0.15) is 0 Å². The lowest BCUT2D eigenvalue weighted by Gasteiger charge is -2.22. The van der Waals surface area contributed by atoms with Gasteiger partial charge in [0.05, 0.1) is 0 Å². The maximum absolute atomic E-state index is 11.6. The van der Waals surface area contributed by atoms with Crippen LogP contribution in [0.1, 0.15) is 38.3 Å². The zero-order valence-corrected chi connectivity index (χ0v) is 10.4. The predicted octanol–water partition coefficient (Wildman–Crippen LogP) is 3.22. The first-order valence-electron chi connectivity index (χ1n) is 6.22. The Bertz CT molecular complexity index is 422. The Kier molecular flexibility index (Phi) is 3.62. The Hall–Kier alpha value is -1.57. The van der Waals surface area contributed by atoms with Crippen LogP contribution in [-0.4, -0.2) is 5.78 Å². The number of nitrogens with one attached hydrogen (secondary N) is 1. The van der Waals surface area contributed by atoms with E-state index in [1.54, 1.807) is 6.08 Å². The van der Waals surface area contributed by atoms with Crippen molar-refractivity contribution in [2.45, 2.75) is 32.7 Å². The Balaban J connectivity index is 2.03. The molecule has 0 amide bonds. The van der Waals surface area contributed by atoms with E-state index in [1.807, 2.05) is 25.1 Å². The van der Waals surface area contributed by atoms with Crippen LogP contribution in [0.25, 0.3) is 0 Å². The highest BCUT2D eigenvalue weighted by Gasteiger charge is 2.18. The van der Waals surface area contributed by atoms with Crippen molar-refractivity contribution in [1.29, 1.82) is 0 Å². The number of hydrogen-bond donors (Lipinski definition) is 1. The topological polar surface area (TPSA) is 29.1 Å². The van der Waals surface area contributed by atoms with Crippen molar-refractivity contribution in [3.8, 4) is 0 Å². The minimum absolute atomic E-state index is 0.188. The lowest BCUT2D eigenvalue weighted by Crippen LogP contribution is -2.24. The van der Waals surface area contributed by atoms with E-state index in [1.165, 1.54) is 5.56 Å². The van der Waals surface area contributed by atoms with Gasteiger partial charge >= 0.3 is 0 Å². The lowest BCUT2D eigenvalue weighted by atomic mass is 9.92. The summed E-state index contributed by atoms with van der Waals surface area (Å²) in [5, 5.41) is 3.43. The highest BCUT2D eigenvalue weighted by atomic mass is 16.1. The van der Waals surface area contributed by atoms with Gasteiger partial charge in [-0.25, -0.2) is 0 Å². The van der Waals surface area contributed by atoms with Crippen LogP contribution in [0.3, 0.4) is 0 Å². The van der Waals surface area contributed by atoms with Gasteiger partial charge in [0.2, 0.25) is 0 Å². The third-order valence-electron chi connectivity index (χ3n) is 3.35. The van der Waals surface area contributed by atoms with Crippen LogP contribution in [0, 0.1) is 5.92 Å². The van der Waals surface area contributed by atoms with Gasteiger partial charge in [-0.3, -0.25) is 4.79 Å². The molecule has 1 aromatic rings. The predicted molar refractivity (Wildman–Crippen MR) is 69.5 cm³/mol. The summed E-state index contributed by atoms with van der Waals surface area (Å²) in [5.74, 6) is 0.437. The van der Waals surface area contributed by atoms with Crippen molar-refractivity contribution in [2.24, 2.45) is 5.92 Å². The maximum Gasteiger partial charge on any atom is 0.160 e. The highest BCUT2D eigenvalue weighted by molar-refractivity contribution is 5.92. The standard InChI is InChI=1S/C15H19NO/c1-11-8-9-14(10-15(11)17)16-12(2)13-6-4-3-5-7-13/h3-7,10-12,16H,8-9H2,1-2H3/t11?,12-/m0/s1. The fraction of sp³-hybridized carbons (Fsp3) is 0.400. The molecule has 0 aromatic heterocycles. The molecule has 2 heteroatoms. The largest absolute Gasteiger partial charge is 0.382 e. The molecule has 0 aliphatic heterocycles. The number of ketones is 1. The van der Waals surface area contributed by atoms with Gasteiger partial charge in [0.15, 0.2) is 5.78 Å². The van der Waals surface area contributed by atoms with E-state index in [9.17, 15) is 4.79 Å². The normalized spacial score (nSPS) is 21.9. The number of carbonyl (C=O) groups excluding carboxylic acids is 1. The van der Waals surface area contributed by atoms with E-state index in [2.05, 4.69) is 24.4 Å². The molecule has 90 valence electrons. The minimum atomic E-state index is 0.188. The molecule has 0 radical (unpaired) electrons. The van der Waals surface area contributed by atoms with Crippen LogP contribution in [0.2, 0.25) is 0 Å². The number of rotatable bonds is 3. The molecule has 1 aliphatic carbocycles. The molecule has 1 aliphatic rings. The summed E-state index contributed by atoms with van der Waals surface area (Å²) < 4.78 is 0. The SMILES string of the molecule is CC1CCC(N[C@@H](C)c2ccccc2)=CC1=O. The minimum Gasteiger partial charge on any atom is -0.382 e. The molecular weight excluding hydrogens is 210 g/mol. The monoisotopic (exact) mass is 229 g/mol. The van der Waals surface area contributed by atoms with E-state index in [0.29, 0.717) is 0 Å². The van der Waals surface area contributed by atoms with E-state index >= 15 is 0 Å². The first-order valence-corrected chi connectivity index (χ1v) is 6.22.